The van der Waals surface area contributed by atoms with Crippen LogP contribution in [0.5, 0.6) is 0 Å². The lowest BCUT2D eigenvalue weighted by atomic mass is 9.95. The van der Waals surface area contributed by atoms with Crippen molar-refractivity contribution in [2.75, 3.05) is 0 Å². The Morgan fingerprint density at radius 3 is 2.74 bits per heavy atom. The Morgan fingerprint density at radius 1 is 1.11 bits per heavy atom. The van der Waals surface area contributed by atoms with Gasteiger partial charge in [0.05, 0.1) is 6.21 Å². The van der Waals surface area contributed by atoms with Crippen LogP contribution < -0.4 is 5.43 Å². The van der Waals surface area contributed by atoms with Gasteiger partial charge in [0.15, 0.2) is 0 Å². The lowest BCUT2D eigenvalue weighted by Crippen LogP contribution is -2.20. The van der Waals surface area contributed by atoms with E-state index < -0.39 is 0 Å². The fraction of sp³-hybridized carbons (Fsp3) is 0.273. The summed E-state index contributed by atoms with van der Waals surface area (Å²) < 4.78 is 15.2. The zero-order chi connectivity index (χ0) is 18.6. The second kappa shape index (κ2) is 7.74. The number of fused-ring (bicyclic) bond motifs is 3. The quantitative estimate of drug-likeness (QED) is 0.536. The lowest BCUT2D eigenvalue weighted by Gasteiger charge is -2.15. The number of rotatable bonds is 5. The Balaban J connectivity index is 1.43. The molecule has 1 heterocycles. The number of hydrazone groups is 1. The second-order valence-electron chi connectivity index (χ2n) is 6.90. The maximum atomic E-state index is 12.9. The van der Waals surface area contributed by atoms with Crippen LogP contribution in [0.15, 0.2) is 53.6 Å². The number of aryl methyl sites for hydroxylation is 2. The lowest BCUT2D eigenvalue weighted by molar-refractivity contribution is -0.121. The van der Waals surface area contributed by atoms with Gasteiger partial charge < -0.3 is 4.57 Å². The van der Waals surface area contributed by atoms with Crippen molar-refractivity contribution >= 4 is 23.0 Å². The molecule has 1 amide bonds. The minimum atomic E-state index is -0.293. The van der Waals surface area contributed by atoms with Gasteiger partial charge in [-0.3, -0.25) is 4.79 Å². The van der Waals surface area contributed by atoms with E-state index in [1.54, 1.807) is 12.1 Å². The molecule has 0 fully saturated rings. The van der Waals surface area contributed by atoms with Crippen molar-refractivity contribution < 1.29 is 9.18 Å². The SMILES string of the molecule is O=C(CCn1c2c(c3ccccc31)CCCC2)N/N=C/c1ccc(F)cc1. The first kappa shape index (κ1) is 17.5. The summed E-state index contributed by atoms with van der Waals surface area (Å²) in [6.07, 6.45) is 6.53. The maximum absolute atomic E-state index is 12.9. The molecule has 0 bridgehead atoms. The van der Waals surface area contributed by atoms with Crippen molar-refractivity contribution in [3.8, 4) is 0 Å². The minimum Gasteiger partial charge on any atom is -0.344 e. The molecule has 2 aromatic carbocycles. The van der Waals surface area contributed by atoms with Crippen molar-refractivity contribution in [1.29, 1.82) is 0 Å². The molecule has 1 N–H and O–H groups in total. The molecule has 0 atom stereocenters. The first-order valence-corrected chi connectivity index (χ1v) is 9.39. The fourth-order valence-electron chi connectivity index (χ4n) is 3.84. The van der Waals surface area contributed by atoms with Gasteiger partial charge in [0.2, 0.25) is 5.91 Å². The standard InChI is InChI=1S/C22H22FN3O/c23-17-11-9-16(10-12-17)15-24-25-22(27)13-14-26-20-7-3-1-5-18(20)19-6-2-4-8-21(19)26/h1,3,5,7,9-12,15H,2,4,6,8,13-14H2,(H,25,27)/b24-15+. The van der Waals surface area contributed by atoms with E-state index in [9.17, 15) is 9.18 Å². The van der Waals surface area contributed by atoms with Gasteiger partial charge in [-0.15, -0.1) is 0 Å². The first-order valence-electron chi connectivity index (χ1n) is 9.39. The molecule has 3 aromatic rings. The van der Waals surface area contributed by atoms with Gasteiger partial charge in [0.25, 0.3) is 0 Å². The molecule has 0 saturated carbocycles. The number of nitrogens with one attached hydrogen (secondary N) is 1. The van der Waals surface area contributed by atoms with Gasteiger partial charge in [-0.1, -0.05) is 30.3 Å². The molecule has 0 radical (unpaired) electrons. The van der Waals surface area contributed by atoms with Crippen LogP contribution in [0.1, 0.15) is 36.1 Å². The smallest absolute Gasteiger partial charge is 0.241 e. The van der Waals surface area contributed by atoms with Gasteiger partial charge in [-0.2, -0.15) is 5.10 Å². The van der Waals surface area contributed by atoms with Crippen molar-refractivity contribution in [1.82, 2.24) is 9.99 Å². The number of hydrogen-bond donors (Lipinski definition) is 1. The molecule has 27 heavy (non-hydrogen) atoms. The summed E-state index contributed by atoms with van der Waals surface area (Å²) in [5.74, 6) is -0.422. The van der Waals surface area contributed by atoms with E-state index in [-0.39, 0.29) is 11.7 Å². The van der Waals surface area contributed by atoms with Gasteiger partial charge in [-0.25, -0.2) is 9.82 Å². The number of aromatic nitrogens is 1. The predicted octanol–water partition coefficient (Wildman–Crippen LogP) is 4.20. The highest BCUT2D eigenvalue weighted by Gasteiger charge is 2.19. The minimum absolute atomic E-state index is 0.129. The fourth-order valence-corrected chi connectivity index (χ4v) is 3.84. The molecule has 1 aromatic heterocycles. The van der Waals surface area contributed by atoms with E-state index in [1.165, 1.54) is 53.3 Å². The summed E-state index contributed by atoms with van der Waals surface area (Å²) in [6.45, 7) is 0.647. The molecule has 1 aliphatic rings. The van der Waals surface area contributed by atoms with Crippen LogP contribution in [0.3, 0.4) is 0 Å². The van der Waals surface area contributed by atoms with Crippen LogP contribution in [0.25, 0.3) is 10.9 Å². The van der Waals surface area contributed by atoms with Crippen molar-refractivity contribution in [3.63, 3.8) is 0 Å². The number of benzene rings is 2. The molecule has 1 aliphatic carbocycles. The van der Waals surface area contributed by atoms with E-state index in [0.29, 0.717) is 13.0 Å². The van der Waals surface area contributed by atoms with Gasteiger partial charge >= 0.3 is 0 Å². The molecule has 0 aliphatic heterocycles. The van der Waals surface area contributed by atoms with Gasteiger partial charge in [0, 0.05) is 29.6 Å². The number of halogens is 1. The van der Waals surface area contributed by atoms with E-state index >= 15 is 0 Å². The van der Waals surface area contributed by atoms with Crippen LogP contribution in [-0.4, -0.2) is 16.7 Å². The number of carbonyl (C=O) groups is 1. The molecule has 4 nitrogen and oxygen atoms in total. The van der Waals surface area contributed by atoms with Crippen molar-refractivity contribution in [2.45, 2.75) is 38.6 Å². The summed E-state index contributed by atoms with van der Waals surface area (Å²) >= 11 is 0. The molecular formula is C22H22FN3O. The number of amides is 1. The van der Waals surface area contributed by atoms with Crippen LogP contribution in [0.4, 0.5) is 4.39 Å². The van der Waals surface area contributed by atoms with Gasteiger partial charge in [-0.05, 0) is 55.0 Å². The number of hydrogen-bond acceptors (Lipinski definition) is 2. The Labute approximate surface area is 157 Å². The summed E-state index contributed by atoms with van der Waals surface area (Å²) in [7, 11) is 0. The number of para-hydroxylation sites is 1. The molecular weight excluding hydrogens is 341 g/mol. The summed E-state index contributed by atoms with van der Waals surface area (Å²) in [5.41, 5.74) is 7.34. The second-order valence-corrected chi connectivity index (χ2v) is 6.90. The largest absolute Gasteiger partial charge is 0.344 e. The third-order valence-electron chi connectivity index (χ3n) is 5.12. The molecule has 138 valence electrons. The third-order valence-corrected chi connectivity index (χ3v) is 5.12. The van der Waals surface area contributed by atoms with Gasteiger partial charge in [0.1, 0.15) is 5.82 Å². The van der Waals surface area contributed by atoms with E-state index in [2.05, 4.69) is 39.4 Å². The average molecular weight is 363 g/mol. The highest BCUT2D eigenvalue weighted by atomic mass is 19.1. The zero-order valence-electron chi connectivity index (χ0n) is 15.1. The molecule has 0 unspecified atom stereocenters. The Kier molecular flexibility index (Phi) is 5.01. The van der Waals surface area contributed by atoms with E-state index in [0.717, 1.165) is 18.4 Å². The molecule has 0 saturated heterocycles. The Morgan fingerprint density at radius 2 is 1.89 bits per heavy atom. The van der Waals surface area contributed by atoms with Crippen LogP contribution in [0, 0.1) is 5.82 Å². The summed E-state index contributed by atoms with van der Waals surface area (Å²) in [4.78, 5) is 12.2. The number of nitrogens with zero attached hydrogens (tertiary/aromatic N) is 2. The Hall–Kier alpha value is -2.95. The van der Waals surface area contributed by atoms with Crippen LogP contribution in [0.2, 0.25) is 0 Å². The number of carbonyl (C=O) groups excluding carboxylic acids is 1. The van der Waals surface area contributed by atoms with Crippen LogP contribution >= 0.6 is 0 Å². The van der Waals surface area contributed by atoms with E-state index in [1.807, 2.05) is 0 Å². The summed E-state index contributed by atoms with van der Waals surface area (Å²) in [6, 6.07) is 14.4. The monoisotopic (exact) mass is 363 g/mol. The first-order chi connectivity index (χ1) is 13.2. The molecule has 5 heteroatoms. The highest BCUT2D eigenvalue weighted by Crippen LogP contribution is 2.32. The maximum Gasteiger partial charge on any atom is 0.241 e. The van der Waals surface area contributed by atoms with E-state index in [4.69, 9.17) is 0 Å². The summed E-state index contributed by atoms with van der Waals surface area (Å²) in [5, 5.41) is 5.29. The average Bonchev–Trinajstić information content (AvgIpc) is 3.02. The Bertz CT molecular complexity index is 989. The highest BCUT2D eigenvalue weighted by molar-refractivity contribution is 5.86. The van der Waals surface area contributed by atoms with Crippen molar-refractivity contribution in [3.05, 3.63) is 71.2 Å². The zero-order valence-corrected chi connectivity index (χ0v) is 15.1. The molecule has 0 spiro atoms. The van der Waals surface area contributed by atoms with Crippen LogP contribution in [-0.2, 0) is 24.2 Å². The normalized spacial score (nSPS) is 13.8. The third kappa shape index (κ3) is 3.77. The van der Waals surface area contributed by atoms with Crippen molar-refractivity contribution in [2.24, 2.45) is 5.10 Å². The topological polar surface area (TPSA) is 46.4 Å². The predicted molar refractivity (Wildman–Crippen MR) is 105 cm³/mol. The molecule has 4 rings (SSSR count).